The fraction of sp³-hybridized carbons (Fsp3) is 0.938. The minimum absolute atomic E-state index is 0.186. The number of likely N-dealkylation sites (tertiary alicyclic amines) is 1. The van der Waals surface area contributed by atoms with Crippen LogP contribution in [-0.2, 0) is 9.47 Å². The van der Waals surface area contributed by atoms with Crippen LogP contribution in [0.4, 0.5) is 4.79 Å². The van der Waals surface area contributed by atoms with Gasteiger partial charge in [-0.15, -0.1) is 0 Å². The van der Waals surface area contributed by atoms with Gasteiger partial charge in [-0.3, -0.25) is 0 Å². The number of amides is 1. The van der Waals surface area contributed by atoms with Gasteiger partial charge in [-0.05, 0) is 59.4 Å². The number of carbonyl (C=O) groups excluding carboxylic acids is 1. The van der Waals surface area contributed by atoms with Crippen LogP contribution in [0.5, 0.6) is 0 Å². The molecule has 1 N–H and O–H groups in total. The Labute approximate surface area is 129 Å². The van der Waals surface area contributed by atoms with Crippen LogP contribution in [0.1, 0.15) is 52.9 Å². The number of methoxy groups -OCH3 is 1. The molecular formula is C16H32N2O3. The average Bonchev–Trinajstić information content (AvgIpc) is 2.41. The zero-order chi connectivity index (χ0) is 15.7. The molecule has 1 fully saturated rings. The Bertz CT molecular complexity index is 302. The van der Waals surface area contributed by atoms with E-state index in [0.29, 0.717) is 6.04 Å². The maximum Gasteiger partial charge on any atom is 0.410 e. The Morgan fingerprint density at radius 1 is 1.29 bits per heavy atom. The minimum atomic E-state index is -0.418. The lowest BCUT2D eigenvalue weighted by atomic mass is 10.1. The third-order valence-electron chi connectivity index (χ3n) is 3.53. The van der Waals surface area contributed by atoms with Gasteiger partial charge >= 0.3 is 6.09 Å². The third kappa shape index (κ3) is 8.27. The Kier molecular flexibility index (Phi) is 8.04. The second-order valence-electron chi connectivity index (χ2n) is 6.77. The van der Waals surface area contributed by atoms with Gasteiger partial charge in [0.25, 0.3) is 0 Å². The number of hydrogen-bond acceptors (Lipinski definition) is 4. The summed E-state index contributed by atoms with van der Waals surface area (Å²) in [6, 6.07) is 0.397. The highest BCUT2D eigenvalue weighted by atomic mass is 16.6. The van der Waals surface area contributed by atoms with Crippen molar-refractivity contribution in [2.24, 2.45) is 0 Å². The highest BCUT2D eigenvalue weighted by Crippen LogP contribution is 2.15. The number of piperidine rings is 1. The molecule has 0 aromatic heterocycles. The fourth-order valence-corrected chi connectivity index (χ4v) is 2.49. The lowest BCUT2D eigenvalue weighted by molar-refractivity contribution is 0.0187. The summed E-state index contributed by atoms with van der Waals surface area (Å²) in [5, 5.41) is 3.56. The summed E-state index contributed by atoms with van der Waals surface area (Å²) in [6.07, 6.45) is 5.45. The third-order valence-corrected chi connectivity index (χ3v) is 3.53. The van der Waals surface area contributed by atoms with Crippen molar-refractivity contribution in [1.82, 2.24) is 10.2 Å². The van der Waals surface area contributed by atoms with Gasteiger partial charge < -0.3 is 19.7 Å². The predicted octanol–water partition coefficient (Wildman–Crippen LogP) is 2.79. The molecule has 0 aromatic carbocycles. The molecule has 1 aliphatic heterocycles. The second-order valence-corrected chi connectivity index (χ2v) is 6.77. The number of nitrogens with one attached hydrogen (secondary N) is 1. The van der Waals surface area contributed by atoms with Crippen molar-refractivity contribution >= 4 is 6.09 Å². The van der Waals surface area contributed by atoms with Crippen molar-refractivity contribution in [2.45, 2.75) is 64.5 Å². The van der Waals surface area contributed by atoms with Gasteiger partial charge in [-0.25, -0.2) is 4.79 Å². The summed E-state index contributed by atoms with van der Waals surface area (Å²) in [6.45, 7) is 9.14. The topological polar surface area (TPSA) is 50.8 Å². The molecule has 0 aromatic rings. The van der Waals surface area contributed by atoms with E-state index in [1.54, 1.807) is 7.11 Å². The molecule has 0 saturated carbocycles. The fourth-order valence-electron chi connectivity index (χ4n) is 2.49. The van der Waals surface area contributed by atoms with Crippen LogP contribution in [0, 0.1) is 0 Å². The number of hydrogen-bond donors (Lipinski definition) is 1. The van der Waals surface area contributed by atoms with Gasteiger partial charge in [0.05, 0.1) is 0 Å². The predicted molar refractivity (Wildman–Crippen MR) is 84.6 cm³/mol. The summed E-state index contributed by atoms with van der Waals surface area (Å²) >= 11 is 0. The molecule has 1 atom stereocenters. The Hall–Kier alpha value is -0.810. The van der Waals surface area contributed by atoms with E-state index in [-0.39, 0.29) is 6.09 Å². The first-order valence-electron chi connectivity index (χ1n) is 8.12. The second kappa shape index (κ2) is 9.26. The first-order chi connectivity index (χ1) is 9.92. The van der Waals surface area contributed by atoms with Gasteiger partial charge in [0, 0.05) is 32.8 Å². The van der Waals surface area contributed by atoms with E-state index in [4.69, 9.17) is 9.47 Å². The average molecular weight is 300 g/mol. The van der Waals surface area contributed by atoms with Crippen LogP contribution < -0.4 is 5.32 Å². The first kappa shape index (κ1) is 18.2. The first-order valence-corrected chi connectivity index (χ1v) is 8.12. The number of carbonyl (C=O) groups is 1. The van der Waals surface area contributed by atoms with Crippen molar-refractivity contribution in [3.63, 3.8) is 0 Å². The van der Waals surface area contributed by atoms with E-state index in [2.05, 4.69) is 5.32 Å². The van der Waals surface area contributed by atoms with Crippen molar-refractivity contribution in [3.8, 4) is 0 Å². The largest absolute Gasteiger partial charge is 0.444 e. The summed E-state index contributed by atoms with van der Waals surface area (Å²) in [7, 11) is 1.74. The Morgan fingerprint density at radius 3 is 2.71 bits per heavy atom. The molecule has 1 aliphatic rings. The van der Waals surface area contributed by atoms with Crippen LogP contribution in [0.3, 0.4) is 0 Å². The molecule has 0 radical (unpaired) electrons. The number of rotatable bonds is 7. The van der Waals surface area contributed by atoms with Crippen LogP contribution in [0.2, 0.25) is 0 Å². The monoisotopic (exact) mass is 300 g/mol. The molecule has 1 amide bonds. The zero-order valence-corrected chi connectivity index (χ0v) is 14.1. The number of unbranched alkanes of at least 4 members (excludes halogenated alkanes) is 2. The van der Waals surface area contributed by atoms with Crippen LogP contribution >= 0.6 is 0 Å². The van der Waals surface area contributed by atoms with Crippen LogP contribution in [-0.4, -0.2) is 56.0 Å². The summed E-state index contributed by atoms with van der Waals surface area (Å²) in [4.78, 5) is 13.9. The van der Waals surface area contributed by atoms with Gasteiger partial charge in [-0.2, -0.15) is 0 Å². The molecule has 0 spiro atoms. The van der Waals surface area contributed by atoms with Gasteiger partial charge in [0.1, 0.15) is 5.60 Å². The lowest BCUT2D eigenvalue weighted by Crippen LogP contribution is -2.49. The van der Waals surface area contributed by atoms with Crippen LogP contribution in [0.25, 0.3) is 0 Å². The van der Waals surface area contributed by atoms with Crippen molar-refractivity contribution in [3.05, 3.63) is 0 Å². The normalized spacial score (nSPS) is 19.6. The summed E-state index contributed by atoms with van der Waals surface area (Å²) < 4.78 is 10.5. The van der Waals surface area contributed by atoms with Gasteiger partial charge in [0.2, 0.25) is 0 Å². The molecule has 0 bridgehead atoms. The molecule has 5 nitrogen and oxygen atoms in total. The molecule has 1 rings (SSSR count). The molecule has 0 aliphatic carbocycles. The maximum atomic E-state index is 12.1. The number of ether oxygens (including phenoxy) is 2. The molecule has 5 heteroatoms. The van der Waals surface area contributed by atoms with Crippen molar-refractivity contribution < 1.29 is 14.3 Å². The molecule has 1 saturated heterocycles. The smallest absolute Gasteiger partial charge is 0.410 e. The van der Waals surface area contributed by atoms with Crippen LogP contribution in [0.15, 0.2) is 0 Å². The van der Waals surface area contributed by atoms with E-state index in [1.807, 2.05) is 25.7 Å². The van der Waals surface area contributed by atoms with E-state index in [1.165, 1.54) is 6.42 Å². The summed E-state index contributed by atoms with van der Waals surface area (Å²) in [5.41, 5.74) is -0.418. The molecular weight excluding hydrogens is 268 g/mol. The van der Waals surface area contributed by atoms with Crippen molar-refractivity contribution in [1.29, 1.82) is 0 Å². The minimum Gasteiger partial charge on any atom is -0.444 e. The Morgan fingerprint density at radius 2 is 2.05 bits per heavy atom. The highest BCUT2D eigenvalue weighted by Gasteiger charge is 2.27. The quantitative estimate of drug-likeness (QED) is 0.735. The number of nitrogens with zero attached hydrogens (tertiary/aromatic N) is 1. The van der Waals surface area contributed by atoms with Crippen molar-refractivity contribution in [2.75, 3.05) is 33.4 Å². The maximum absolute atomic E-state index is 12.1. The highest BCUT2D eigenvalue weighted by molar-refractivity contribution is 5.68. The van der Waals surface area contributed by atoms with E-state index >= 15 is 0 Å². The van der Waals surface area contributed by atoms with E-state index in [9.17, 15) is 4.79 Å². The van der Waals surface area contributed by atoms with Gasteiger partial charge in [0.15, 0.2) is 0 Å². The molecule has 1 heterocycles. The van der Waals surface area contributed by atoms with Gasteiger partial charge in [-0.1, -0.05) is 0 Å². The standard InChI is InChI=1S/C16H32N2O3/c1-16(2,3)21-15(19)18-11-8-9-14(13-18)17-10-6-5-7-12-20-4/h14,17H,5-13H2,1-4H3. The van der Waals surface area contributed by atoms with E-state index in [0.717, 1.165) is 51.9 Å². The lowest BCUT2D eigenvalue weighted by Gasteiger charge is -2.34. The SMILES string of the molecule is COCCCCCNC1CCCN(C(=O)OC(C)(C)C)C1. The Balaban J connectivity index is 2.21. The molecule has 21 heavy (non-hydrogen) atoms. The summed E-state index contributed by atoms with van der Waals surface area (Å²) in [5.74, 6) is 0. The molecule has 124 valence electrons. The molecule has 1 unspecified atom stereocenters. The van der Waals surface area contributed by atoms with E-state index < -0.39 is 5.60 Å². The zero-order valence-electron chi connectivity index (χ0n) is 14.1.